The average molecular weight is 326 g/mol. The van der Waals surface area contributed by atoms with Crippen molar-refractivity contribution in [2.24, 2.45) is 5.10 Å². The van der Waals surface area contributed by atoms with Crippen LogP contribution in [0.3, 0.4) is 0 Å². The maximum Gasteiger partial charge on any atom is 0.191 e. The molecule has 2 rings (SSSR count). The van der Waals surface area contributed by atoms with Crippen molar-refractivity contribution < 1.29 is 8.78 Å². The first-order chi connectivity index (χ1) is 10.1. The lowest BCUT2D eigenvalue weighted by Crippen LogP contribution is -2.23. The molecule has 108 valence electrons. The fourth-order valence-electron chi connectivity index (χ4n) is 1.48. The Labute approximate surface area is 130 Å². The third kappa shape index (κ3) is 4.47. The second kappa shape index (κ2) is 7.10. The summed E-state index contributed by atoms with van der Waals surface area (Å²) in [6, 6.07) is 9.99. The standard InChI is InChI=1S/C14H10ClF2N3S/c15-12-2-1-3-13(17)11(12)8-18-20-14(21)19-10-6-4-9(16)5-7-10/h1-8H,(H2,19,20,21)/b18-8-. The molecular formula is C14H10ClF2N3S. The van der Waals surface area contributed by atoms with Crippen LogP contribution in [0.2, 0.25) is 5.02 Å². The van der Waals surface area contributed by atoms with E-state index < -0.39 is 5.82 Å². The SMILES string of the molecule is Fc1ccc(NC(=S)N/N=C\c2c(F)cccc2Cl)cc1. The maximum atomic E-state index is 13.5. The van der Waals surface area contributed by atoms with Gasteiger partial charge in [0.2, 0.25) is 0 Å². The van der Waals surface area contributed by atoms with Gasteiger partial charge in [0.05, 0.1) is 11.2 Å². The van der Waals surface area contributed by atoms with E-state index in [0.717, 1.165) is 0 Å². The van der Waals surface area contributed by atoms with Crippen LogP contribution in [0.25, 0.3) is 0 Å². The summed E-state index contributed by atoms with van der Waals surface area (Å²) in [5, 5.41) is 7.03. The first-order valence-corrected chi connectivity index (χ1v) is 6.64. The van der Waals surface area contributed by atoms with Crippen molar-refractivity contribution in [2.45, 2.75) is 0 Å². The first kappa shape index (κ1) is 15.3. The average Bonchev–Trinajstić information content (AvgIpc) is 2.45. The normalized spacial score (nSPS) is 10.6. The molecule has 0 saturated carbocycles. The minimum Gasteiger partial charge on any atom is -0.331 e. The van der Waals surface area contributed by atoms with Crippen molar-refractivity contribution in [3.63, 3.8) is 0 Å². The van der Waals surface area contributed by atoms with E-state index in [1.807, 2.05) is 0 Å². The van der Waals surface area contributed by atoms with Crippen LogP contribution >= 0.6 is 23.8 Å². The molecule has 7 heteroatoms. The minimum absolute atomic E-state index is 0.163. The third-order valence-electron chi connectivity index (χ3n) is 2.46. The Bertz CT molecular complexity index is 654. The zero-order chi connectivity index (χ0) is 15.2. The lowest BCUT2D eigenvalue weighted by atomic mass is 10.2. The molecular weight excluding hydrogens is 316 g/mol. The number of hydrogen-bond acceptors (Lipinski definition) is 2. The van der Waals surface area contributed by atoms with E-state index in [1.54, 1.807) is 6.07 Å². The van der Waals surface area contributed by atoms with Crippen molar-refractivity contribution in [3.05, 3.63) is 64.7 Å². The molecule has 0 saturated heterocycles. The molecule has 2 aromatic carbocycles. The number of anilines is 1. The Morgan fingerprint density at radius 3 is 2.52 bits per heavy atom. The van der Waals surface area contributed by atoms with Crippen LogP contribution in [-0.4, -0.2) is 11.3 Å². The zero-order valence-corrected chi connectivity index (χ0v) is 12.2. The molecule has 3 nitrogen and oxygen atoms in total. The van der Waals surface area contributed by atoms with Crippen LogP contribution in [-0.2, 0) is 0 Å². The number of halogens is 3. The smallest absolute Gasteiger partial charge is 0.191 e. The predicted octanol–water partition coefficient (Wildman–Crippen LogP) is 3.94. The van der Waals surface area contributed by atoms with E-state index in [9.17, 15) is 8.78 Å². The highest BCUT2D eigenvalue weighted by Crippen LogP contribution is 2.16. The van der Waals surface area contributed by atoms with Crippen molar-refractivity contribution in [3.8, 4) is 0 Å². The van der Waals surface area contributed by atoms with E-state index in [4.69, 9.17) is 23.8 Å². The van der Waals surface area contributed by atoms with E-state index in [0.29, 0.717) is 5.69 Å². The Balaban J connectivity index is 1.95. The summed E-state index contributed by atoms with van der Waals surface area (Å²) < 4.78 is 26.2. The Kier molecular flexibility index (Phi) is 5.19. The monoisotopic (exact) mass is 325 g/mol. The van der Waals surface area contributed by atoms with Gasteiger partial charge >= 0.3 is 0 Å². The van der Waals surface area contributed by atoms with Gasteiger partial charge in [-0.3, -0.25) is 5.43 Å². The van der Waals surface area contributed by atoms with Crippen molar-refractivity contribution in [1.82, 2.24) is 5.43 Å². The van der Waals surface area contributed by atoms with Crippen LogP contribution in [0.15, 0.2) is 47.6 Å². The van der Waals surface area contributed by atoms with Gasteiger partial charge in [0.1, 0.15) is 11.6 Å². The van der Waals surface area contributed by atoms with Crippen LogP contribution in [0, 0.1) is 11.6 Å². The van der Waals surface area contributed by atoms with Crippen LogP contribution in [0.4, 0.5) is 14.5 Å². The van der Waals surface area contributed by atoms with Crippen LogP contribution < -0.4 is 10.7 Å². The summed E-state index contributed by atoms with van der Waals surface area (Å²) in [6.07, 6.45) is 1.23. The number of thiocarbonyl (C=S) groups is 1. The minimum atomic E-state index is -0.481. The number of hydrazone groups is 1. The van der Waals surface area contributed by atoms with Gasteiger partial charge in [-0.1, -0.05) is 17.7 Å². The van der Waals surface area contributed by atoms with Gasteiger partial charge in [0.15, 0.2) is 5.11 Å². The molecule has 0 unspecified atom stereocenters. The molecule has 0 spiro atoms. The maximum absolute atomic E-state index is 13.5. The Morgan fingerprint density at radius 1 is 1.14 bits per heavy atom. The fourth-order valence-corrected chi connectivity index (χ4v) is 1.86. The second-order valence-corrected chi connectivity index (χ2v) is 4.78. The molecule has 0 aliphatic rings. The van der Waals surface area contributed by atoms with Crippen molar-refractivity contribution in [2.75, 3.05) is 5.32 Å². The number of nitrogens with one attached hydrogen (secondary N) is 2. The number of nitrogens with zero attached hydrogens (tertiary/aromatic N) is 1. The highest BCUT2D eigenvalue weighted by atomic mass is 35.5. The van der Waals surface area contributed by atoms with Gasteiger partial charge in [0.25, 0.3) is 0 Å². The molecule has 2 aromatic rings. The molecule has 0 radical (unpaired) electrons. The van der Waals surface area contributed by atoms with Gasteiger partial charge < -0.3 is 5.32 Å². The van der Waals surface area contributed by atoms with Gasteiger partial charge in [-0.2, -0.15) is 5.10 Å². The summed E-state index contributed by atoms with van der Waals surface area (Å²) >= 11 is 10.8. The van der Waals surface area contributed by atoms with E-state index in [1.165, 1.54) is 42.6 Å². The van der Waals surface area contributed by atoms with Crippen LogP contribution in [0.1, 0.15) is 5.56 Å². The van der Waals surface area contributed by atoms with E-state index in [2.05, 4.69) is 15.8 Å². The molecule has 0 aliphatic heterocycles. The lowest BCUT2D eigenvalue weighted by molar-refractivity contribution is 0.626. The van der Waals surface area contributed by atoms with Gasteiger partial charge in [0, 0.05) is 11.3 Å². The molecule has 21 heavy (non-hydrogen) atoms. The molecule has 2 N–H and O–H groups in total. The highest BCUT2D eigenvalue weighted by Gasteiger charge is 2.03. The lowest BCUT2D eigenvalue weighted by Gasteiger charge is -2.06. The Hall–Kier alpha value is -2.05. The molecule has 0 heterocycles. The summed E-state index contributed by atoms with van der Waals surface area (Å²) in [5.74, 6) is -0.822. The quantitative estimate of drug-likeness (QED) is 0.510. The highest BCUT2D eigenvalue weighted by molar-refractivity contribution is 7.80. The number of benzene rings is 2. The Morgan fingerprint density at radius 2 is 1.86 bits per heavy atom. The second-order valence-electron chi connectivity index (χ2n) is 3.97. The first-order valence-electron chi connectivity index (χ1n) is 5.86. The summed E-state index contributed by atoms with van der Waals surface area (Å²) in [4.78, 5) is 0. The molecule has 0 atom stereocenters. The van der Waals surface area contributed by atoms with Gasteiger partial charge in [-0.15, -0.1) is 0 Å². The van der Waals surface area contributed by atoms with Crippen LogP contribution in [0.5, 0.6) is 0 Å². The molecule has 0 aromatic heterocycles. The van der Waals surface area contributed by atoms with E-state index in [-0.39, 0.29) is 21.5 Å². The summed E-state index contributed by atoms with van der Waals surface area (Å²) in [6.45, 7) is 0. The van der Waals surface area contributed by atoms with Crippen molar-refractivity contribution >= 4 is 40.8 Å². The van der Waals surface area contributed by atoms with Gasteiger partial charge in [-0.05, 0) is 48.6 Å². The van der Waals surface area contributed by atoms with E-state index >= 15 is 0 Å². The fraction of sp³-hybridized carbons (Fsp3) is 0. The molecule has 0 aliphatic carbocycles. The van der Waals surface area contributed by atoms with Gasteiger partial charge in [-0.25, -0.2) is 8.78 Å². The molecule has 0 bridgehead atoms. The number of rotatable bonds is 3. The summed E-state index contributed by atoms with van der Waals surface area (Å²) in [5.41, 5.74) is 3.29. The molecule has 0 fully saturated rings. The zero-order valence-electron chi connectivity index (χ0n) is 10.6. The van der Waals surface area contributed by atoms with Crippen molar-refractivity contribution in [1.29, 1.82) is 0 Å². The third-order valence-corrected chi connectivity index (χ3v) is 2.98. The number of hydrogen-bond donors (Lipinski definition) is 2. The molecule has 0 amide bonds. The topological polar surface area (TPSA) is 36.4 Å². The predicted molar refractivity (Wildman–Crippen MR) is 84.8 cm³/mol. The largest absolute Gasteiger partial charge is 0.331 e. The summed E-state index contributed by atoms with van der Waals surface area (Å²) in [7, 11) is 0.